The first kappa shape index (κ1) is 19.5. The minimum Gasteiger partial charge on any atom is -0.355 e. The number of nitrogens with zero attached hydrogens (tertiary/aromatic N) is 2. The Morgan fingerprint density at radius 1 is 1.23 bits per heavy atom. The zero-order valence-electron chi connectivity index (χ0n) is 14.4. The minimum atomic E-state index is -0.617. The number of carbonyl (C=O) groups excluding carboxylic acids is 3. The second-order valence-corrected chi connectivity index (χ2v) is 6.50. The van der Waals surface area contributed by atoms with Crippen LogP contribution >= 0.6 is 11.3 Å². The van der Waals surface area contributed by atoms with Gasteiger partial charge >= 0.3 is 0 Å². The highest BCUT2D eigenvalue weighted by molar-refractivity contribution is 7.14. The first-order chi connectivity index (χ1) is 12.4. The average Bonchev–Trinajstić information content (AvgIpc) is 3.01. The number of thiazole rings is 1. The lowest BCUT2D eigenvalue weighted by Gasteiger charge is -2.10. The van der Waals surface area contributed by atoms with Gasteiger partial charge in [-0.3, -0.25) is 19.7 Å². The van der Waals surface area contributed by atoms with Gasteiger partial charge in [-0.25, -0.2) is 9.37 Å². The molecule has 7 nitrogen and oxygen atoms in total. The maximum absolute atomic E-state index is 13.6. The molecule has 0 atom stereocenters. The summed E-state index contributed by atoms with van der Waals surface area (Å²) >= 11 is 1.15. The zero-order valence-corrected chi connectivity index (χ0v) is 15.2. The first-order valence-electron chi connectivity index (χ1n) is 7.84. The van der Waals surface area contributed by atoms with Gasteiger partial charge in [0, 0.05) is 32.4 Å². The fourth-order valence-corrected chi connectivity index (χ4v) is 2.72. The molecule has 9 heteroatoms. The molecule has 0 aliphatic heterocycles. The Kier molecular flexibility index (Phi) is 6.79. The molecule has 1 aromatic carbocycles. The van der Waals surface area contributed by atoms with Crippen molar-refractivity contribution in [3.63, 3.8) is 0 Å². The number of nitrogens with one attached hydrogen (secondary N) is 2. The van der Waals surface area contributed by atoms with Crippen LogP contribution in [0.1, 0.15) is 22.5 Å². The van der Waals surface area contributed by atoms with Crippen LogP contribution in [0, 0.1) is 5.82 Å². The van der Waals surface area contributed by atoms with Crippen molar-refractivity contribution < 1.29 is 18.8 Å². The molecule has 2 N–H and O–H groups in total. The summed E-state index contributed by atoms with van der Waals surface area (Å²) in [4.78, 5) is 40.9. The highest BCUT2D eigenvalue weighted by Gasteiger charge is 2.14. The van der Waals surface area contributed by atoms with Crippen molar-refractivity contribution in [1.29, 1.82) is 0 Å². The Balaban J connectivity index is 1.84. The first-order valence-corrected chi connectivity index (χ1v) is 8.72. The van der Waals surface area contributed by atoms with Crippen LogP contribution in [0.25, 0.3) is 0 Å². The van der Waals surface area contributed by atoms with Crippen LogP contribution in [0.3, 0.4) is 0 Å². The lowest BCUT2D eigenvalue weighted by Crippen LogP contribution is -2.31. The number of amides is 3. The van der Waals surface area contributed by atoms with Crippen LogP contribution in [0.4, 0.5) is 9.52 Å². The predicted molar refractivity (Wildman–Crippen MR) is 96.5 cm³/mol. The van der Waals surface area contributed by atoms with Gasteiger partial charge in [-0.05, 0) is 12.1 Å². The highest BCUT2D eigenvalue weighted by Crippen LogP contribution is 2.17. The molecule has 2 aromatic rings. The summed E-state index contributed by atoms with van der Waals surface area (Å²) in [5.74, 6) is -1.56. The molecular weight excluding hydrogens is 359 g/mol. The molecule has 1 heterocycles. The largest absolute Gasteiger partial charge is 0.355 e. The van der Waals surface area contributed by atoms with Crippen LogP contribution in [-0.2, 0) is 16.0 Å². The summed E-state index contributed by atoms with van der Waals surface area (Å²) in [6.45, 7) is 0.247. The maximum Gasteiger partial charge on any atom is 0.260 e. The summed E-state index contributed by atoms with van der Waals surface area (Å²) in [6, 6.07) is 5.64. The number of rotatable bonds is 7. The van der Waals surface area contributed by atoms with Crippen molar-refractivity contribution in [2.75, 3.05) is 26.0 Å². The van der Waals surface area contributed by atoms with Gasteiger partial charge in [-0.2, -0.15) is 0 Å². The minimum absolute atomic E-state index is 0.0300. The fourth-order valence-electron chi connectivity index (χ4n) is 2.01. The van der Waals surface area contributed by atoms with E-state index in [-0.39, 0.29) is 41.9 Å². The van der Waals surface area contributed by atoms with E-state index in [0.717, 1.165) is 11.3 Å². The van der Waals surface area contributed by atoms with Gasteiger partial charge in [0.05, 0.1) is 17.7 Å². The number of halogens is 1. The predicted octanol–water partition coefficient (Wildman–Crippen LogP) is 1.67. The van der Waals surface area contributed by atoms with Crippen molar-refractivity contribution >= 4 is 34.2 Å². The van der Waals surface area contributed by atoms with Crippen LogP contribution in [-0.4, -0.2) is 48.2 Å². The summed E-state index contributed by atoms with van der Waals surface area (Å²) < 4.78 is 13.6. The molecule has 0 unspecified atom stereocenters. The third kappa shape index (κ3) is 5.62. The van der Waals surface area contributed by atoms with Crippen molar-refractivity contribution in [3.05, 3.63) is 46.7 Å². The van der Waals surface area contributed by atoms with E-state index in [1.54, 1.807) is 25.5 Å². The number of benzene rings is 1. The quantitative estimate of drug-likeness (QED) is 0.767. The van der Waals surface area contributed by atoms with Crippen LogP contribution < -0.4 is 10.6 Å². The van der Waals surface area contributed by atoms with E-state index < -0.39 is 11.7 Å². The summed E-state index contributed by atoms with van der Waals surface area (Å²) in [5, 5.41) is 7.07. The van der Waals surface area contributed by atoms with Crippen molar-refractivity contribution in [3.8, 4) is 0 Å². The number of hydrogen-bond donors (Lipinski definition) is 2. The third-order valence-electron chi connectivity index (χ3n) is 3.39. The molecule has 0 spiro atoms. The third-order valence-corrected chi connectivity index (χ3v) is 4.20. The molecule has 0 saturated heterocycles. The molecule has 0 saturated carbocycles. The van der Waals surface area contributed by atoms with E-state index >= 15 is 0 Å². The second-order valence-electron chi connectivity index (χ2n) is 5.64. The zero-order chi connectivity index (χ0) is 19.1. The van der Waals surface area contributed by atoms with Gasteiger partial charge in [0.1, 0.15) is 5.82 Å². The normalized spacial score (nSPS) is 10.3. The molecule has 0 bridgehead atoms. The molecular formula is C17H19FN4O3S. The van der Waals surface area contributed by atoms with Crippen LogP contribution in [0.2, 0.25) is 0 Å². The van der Waals surface area contributed by atoms with E-state index in [1.165, 1.54) is 23.1 Å². The Bertz CT molecular complexity index is 807. The monoisotopic (exact) mass is 378 g/mol. The standard InChI is InChI=1S/C17H19FN4O3S/c1-22(2)15(24)7-8-19-14(23)9-11-10-26-17(20-11)21-16(25)12-5-3-4-6-13(12)18/h3-6,10H,7-9H2,1-2H3,(H,19,23)(H,20,21,25). The van der Waals surface area contributed by atoms with Crippen LogP contribution in [0.5, 0.6) is 0 Å². The smallest absolute Gasteiger partial charge is 0.260 e. The Morgan fingerprint density at radius 3 is 2.65 bits per heavy atom. The number of aromatic nitrogens is 1. The van der Waals surface area contributed by atoms with Crippen molar-refractivity contribution in [2.45, 2.75) is 12.8 Å². The molecule has 0 aliphatic rings. The molecule has 26 heavy (non-hydrogen) atoms. The fraction of sp³-hybridized carbons (Fsp3) is 0.294. The van der Waals surface area contributed by atoms with Crippen LogP contribution in [0.15, 0.2) is 29.6 Å². The van der Waals surface area contributed by atoms with E-state index in [0.29, 0.717) is 5.69 Å². The van der Waals surface area contributed by atoms with Crippen molar-refractivity contribution in [1.82, 2.24) is 15.2 Å². The van der Waals surface area contributed by atoms with E-state index in [4.69, 9.17) is 0 Å². The molecule has 0 radical (unpaired) electrons. The molecule has 2 rings (SSSR count). The van der Waals surface area contributed by atoms with E-state index in [2.05, 4.69) is 15.6 Å². The van der Waals surface area contributed by atoms with Crippen molar-refractivity contribution in [2.24, 2.45) is 0 Å². The van der Waals surface area contributed by atoms with E-state index in [1.807, 2.05) is 0 Å². The van der Waals surface area contributed by atoms with Gasteiger partial charge in [-0.1, -0.05) is 12.1 Å². The molecule has 138 valence electrons. The molecule has 0 aliphatic carbocycles. The Labute approximate surface area is 154 Å². The van der Waals surface area contributed by atoms with E-state index in [9.17, 15) is 18.8 Å². The highest BCUT2D eigenvalue weighted by atomic mass is 32.1. The van der Waals surface area contributed by atoms with Gasteiger partial charge in [0.2, 0.25) is 11.8 Å². The maximum atomic E-state index is 13.6. The average molecular weight is 378 g/mol. The second kappa shape index (κ2) is 9.04. The number of carbonyl (C=O) groups is 3. The lowest BCUT2D eigenvalue weighted by molar-refractivity contribution is -0.128. The molecule has 0 fully saturated rings. The van der Waals surface area contributed by atoms with Gasteiger partial charge in [0.15, 0.2) is 5.13 Å². The molecule has 1 aromatic heterocycles. The topological polar surface area (TPSA) is 91.4 Å². The van der Waals surface area contributed by atoms with Gasteiger partial charge in [-0.15, -0.1) is 11.3 Å². The summed E-state index contributed by atoms with van der Waals surface area (Å²) in [5.41, 5.74) is 0.405. The van der Waals surface area contributed by atoms with Gasteiger partial charge in [0.25, 0.3) is 5.91 Å². The van der Waals surface area contributed by atoms with Gasteiger partial charge < -0.3 is 10.2 Å². The SMILES string of the molecule is CN(C)C(=O)CCNC(=O)Cc1csc(NC(=O)c2ccccc2F)n1. The lowest BCUT2D eigenvalue weighted by atomic mass is 10.2. The Hall–Kier alpha value is -2.81. The summed E-state index contributed by atoms with van der Waals surface area (Å²) in [6.07, 6.45) is 0.252. The number of hydrogen-bond acceptors (Lipinski definition) is 5. The Morgan fingerprint density at radius 2 is 1.96 bits per heavy atom. The number of anilines is 1. The summed E-state index contributed by atoms with van der Waals surface area (Å²) in [7, 11) is 3.30. The molecule has 3 amide bonds.